The molecule has 1 rings (SSSR count). The van der Waals surface area contributed by atoms with Gasteiger partial charge in [0.2, 0.25) is 0 Å². The quantitative estimate of drug-likeness (QED) is 0.678. The van der Waals surface area contributed by atoms with Gasteiger partial charge in [0.15, 0.2) is 0 Å². The van der Waals surface area contributed by atoms with Gasteiger partial charge in [-0.15, -0.1) is 12.3 Å². The molecule has 0 atom stereocenters. The lowest BCUT2D eigenvalue weighted by atomic mass is 10.2. The average molecular weight is 307 g/mol. The summed E-state index contributed by atoms with van der Waals surface area (Å²) in [4.78, 5) is 3.71. The fourth-order valence-electron chi connectivity index (χ4n) is 1.19. The van der Waals surface area contributed by atoms with Crippen molar-refractivity contribution in [2.45, 2.75) is 19.0 Å². The number of unbranched alkanes of at least 4 members (excludes halogenated alkanes) is 1. The van der Waals surface area contributed by atoms with Crippen LogP contribution < -0.4 is 5.32 Å². The molecule has 0 bridgehead atoms. The zero-order valence-corrected chi connectivity index (χ0v) is 10.4. The first kappa shape index (κ1) is 13.8. The van der Waals surface area contributed by atoms with Gasteiger partial charge in [0.05, 0.1) is 5.56 Å². The number of terminal acetylenes is 1. The van der Waals surface area contributed by atoms with Crippen molar-refractivity contribution in [3.63, 3.8) is 0 Å². The monoisotopic (exact) mass is 306 g/mol. The normalized spacial score (nSPS) is 11.0. The third-order valence-electron chi connectivity index (χ3n) is 1.95. The Bertz CT molecular complexity index is 424. The molecule has 0 saturated heterocycles. The third kappa shape index (κ3) is 4.27. The average Bonchev–Trinajstić information content (AvgIpc) is 2.25. The van der Waals surface area contributed by atoms with Gasteiger partial charge >= 0.3 is 6.18 Å². The van der Waals surface area contributed by atoms with Crippen LogP contribution in [0.25, 0.3) is 0 Å². The van der Waals surface area contributed by atoms with Gasteiger partial charge < -0.3 is 5.32 Å². The molecule has 0 aliphatic carbocycles. The molecule has 1 aromatic heterocycles. The molecule has 1 aromatic rings. The summed E-state index contributed by atoms with van der Waals surface area (Å²) < 4.78 is 38.3. The topological polar surface area (TPSA) is 24.9 Å². The number of hydrogen-bond acceptors (Lipinski definition) is 2. The molecule has 1 N–H and O–H groups in total. The maximum atomic E-state index is 12.7. The van der Waals surface area contributed by atoms with Crippen molar-refractivity contribution < 1.29 is 13.2 Å². The Hall–Kier alpha value is -1.22. The molecule has 0 amide bonds. The van der Waals surface area contributed by atoms with Crippen LogP contribution in [0.4, 0.5) is 19.0 Å². The van der Waals surface area contributed by atoms with Crippen molar-refractivity contribution in [1.82, 2.24) is 4.98 Å². The van der Waals surface area contributed by atoms with Crippen LogP contribution in [0.1, 0.15) is 18.4 Å². The van der Waals surface area contributed by atoms with Crippen molar-refractivity contribution in [2.24, 2.45) is 0 Å². The second-order valence-corrected chi connectivity index (χ2v) is 4.20. The fourth-order valence-corrected chi connectivity index (χ4v) is 1.52. The Morgan fingerprint density at radius 3 is 2.76 bits per heavy atom. The minimum atomic E-state index is -4.43. The number of nitrogens with zero attached hydrogens (tertiary/aromatic N) is 1. The highest BCUT2D eigenvalue weighted by molar-refractivity contribution is 9.10. The maximum absolute atomic E-state index is 12.7. The summed E-state index contributed by atoms with van der Waals surface area (Å²) in [6.07, 6.45) is 3.06. The molecule has 0 fully saturated rings. The van der Waals surface area contributed by atoms with Crippen LogP contribution in [0.5, 0.6) is 0 Å². The van der Waals surface area contributed by atoms with Crippen LogP contribution in [0.3, 0.4) is 0 Å². The van der Waals surface area contributed by atoms with E-state index in [2.05, 4.69) is 32.2 Å². The molecular weight excluding hydrogens is 297 g/mol. The van der Waals surface area contributed by atoms with Crippen molar-refractivity contribution in [3.8, 4) is 12.3 Å². The number of aromatic nitrogens is 1. The minimum absolute atomic E-state index is 0.169. The molecule has 0 radical (unpaired) electrons. The Morgan fingerprint density at radius 2 is 2.18 bits per heavy atom. The van der Waals surface area contributed by atoms with Gasteiger partial charge in [-0.25, -0.2) is 4.98 Å². The van der Waals surface area contributed by atoms with Crippen molar-refractivity contribution >= 4 is 21.7 Å². The summed E-state index contributed by atoms with van der Waals surface area (Å²) in [5, 5.41) is 2.63. The lowest BCUT2D eigenvalue weighted by molar-refractivity contribution is -0.137. The van der Waals surface area contributed by atoms with E-state index < -0.39 is 11.7 Å². The maximum Gasteiger partial charge on any atom is 0.419 e. The van der Waals surface area contributed by atoms with Gasteiger partial charge in [0.1, 0.15) is 5.82 Å². The molecule has 0 unspecified atom stereocenters. The number of pyridine rings is 1. The highest BCUT2D eigenvalue weighted by atomic mass is 79.9. The molecule has 0 aromatic carbocycles. The molecule has 6 heteroatoms. The molecule has 1 heterocycles. The molecule has 0 aliphatic rings. The Balaban J connectivity index is 2.81. The van der Waals surface area contributed by atoms with E-state index in [4.69, 9.17) is 6.42 Å². The number of nitrogens with one attached hydrogen (secondary N) is 1. The Morgan fingerprint density at radius 1 is 1.47 bits per heavy atom. The Kier molecular flexibility index (Phi) is 4.82. The van der Waals surface area contributed by atoms with Crippen LogP contribution in [-0.4, -0.2) is 11.5 Å². The van der Waals surface area contributed by atoms with Crippen LogP contribution in [0, 0.1) is 12.3 Å². The number of halogens is 4. The van der Waals surface area contributed by atoms with Gasteiger partial charge in [-0.05, 0) is 28.4 Å². The lowest BCUT2D eigenvalue weighted by Crippen LogP contribution is -2.13. The number of alkyl halides is 3. The van der Waals surface area contributed by atoms with E-state index in [-0.39, 0.29) is 5.82 Å². The first-order chi connectivity index (χ1) is 7.95. The number of anilines is 1. The van der Waals surface area contributed by atoms with E-state index in [0.29, 0.717) is 23.9 Å². The van der Waals surface area contributed by atoms with Crippen LogP contribution in [-0.2, 0) is 6.18 Å². The second-order valence-electron chi connectivity index (χ2n) is 3.28. The fraction of sp³-hybridized carbons (Fsp3) is 0.364. The van der Waals surface area contributed by atoms with Crippen molar-refractivity contribution in [3.05, 3.63) is 22.3 Å². The molecule has 0 spiro atoms. The molecule has 0 aliphatic heterocycles. The summed E-state index contributed by atoms with van der Waals surface area (Å²) in [5.74, 6) is 2.25. The van der Waals surface area contributed by atoms with Gasteiger partial charge in [0, 0.05) is 23.6 Å². The third-order valence-corrected chi connectivity index (χ3v) is 2.38. The summed E-state index contributed by atoms with van der Waals surface area (Å²) in [5.41, 5.74) is -0.785. The minimum Gasteiger partial charge on any atom is -0.370 e. The smallest absolute Gasteiger partial charge is 0.370 e. The SMILES string of the molecule is C#CCCCNc1ncc(Br)cc1C(F)(F)F. The van der Waals surface area contributed by atoms with E-state index in [9.17, 15) is 13.2 Å². The van der Waals surface area contributed by atoms with Crippen LogP contribution in [0.2, 0.25) is 0 Å². The summed E-state index contributed by atoms with van der Waals surface area (Å²) >= 11 is 2.97. The summed E-state index contributed by atoms with van der Waals surface area (Å²) in [6.45, 7) is 0.363. The van der Waals surface area contributed by atoms with E-state index in [1.165, 1.54) is 6.20 Å². The van der Waals surface area contributed by atoms with Crippen molar-refractivity contribution in [2.75, 3.05) is 11.9 Å². The Labute approximate surface area is 106 Å². The second kappa shape index (κ2) is 5.92. The first-order valence-electron chi connectivity index (χ1n) is 4.85. The number of rotatable bonds is 4. The summed E-state index contributed by atoms with van der Waals surface area (Å²) in [6, 6.07) is 0.997. The van der Waals surface area contributed by atoms with Crippen molar-refractivity contribution in [1.29, 1.82) is 0 Å². The van der Waals surface area contributed by atoms with E-state index in [1.807, 2.05) is 0 Å². The first-order valence-corrected chi connectivity index (χ1v) is 5.64. The van der Waals surface area contributed by atoms with Gasteiger partial charge in [0.25, 0.3) is 0 Å². The molecular formula is C11H10BrF3N2. The largest absolute Gasteiger partial charge is 0.419 e. The standard InChI is InChI=1S/C11H10BrF3N2/c1-2-3-4-5-16-10-9(11(13,14)15)6-8(12)7-17-10/h1,6-7H,3-5H2,(H,16,17). The zero-order valence-electron chi connectivity index (χ0n) is 8.81. The van der Waals surface area contributed by atoms with E-state index >= 15 is 0 Å². The molecule has 0 saturated carbocycles. The van der Waals surface area contributed by atoms with Gasteiger partial charge in [-0.1, -0.05) is 0 Å². The molecule has 17 heavy (non-hydrogen) atoms. The number of hydrogen-bond donors (Lipinski definition) is 1. The molecule has 2 nitrogen and oxygen atoms in total. The van der Waals surface area contributed by atoms with E-state index in [0.717, 1.165) is 6.07 Å². The predicted molar refractivity (Wildman–Crippen MR) is 63.5 cm³/mol. The van der Waals surface area contributed by atoms with Crippen LogP contribution in [0.15, 0.2) is 16.7 Å². The molecule has 92 valence electrons. The highest BCUT2D eigenvalue weighted by Gasteiger charge is 2.34. The lowest BCUT2D eigenvalue weighted by Gasteiger charge is -2.13. The van der Waals surface area contributed by atoms with E-state index in [1.54, 1.807) is 0 Å². The van der Waals surface area contributed by atoms with Gasteiger partial charge in [-0.3, -0.25) is 0 Å². The van der Waals surface area contributed by atoms with Crippen LogP contribution >= 0.6 is 15.9 Å². The summed E-state index contributed by atoms with van der Waals surface area (Å²) in [7, 11) is 0. The predicted octanol–water partition coefficient (Wildman–Crippen LogP) is 3.69. The zero-order chi connectivity index (χ0) is 12.9. The highest BCUT2D eigenvalue weighted by Crippen LogP contribution is 2.35. The van der Waals surface area contributed by atoms with Gasteiger partial charge in [-0.2, -0.15) is 13.2 Å².